The second kappa shape index (κ2) is 4.90. The summed E-state index contributed by atoms with van der Waals surface area (Å²) in [7, 11) is 0. The van der Waals surface area contributed by atoms with Crippen LogP contribution in [0, 0.1) is 5.41 Å². The van der Waals surface area contributed by atoms with Gasteiger partial charge in [-0.3, -0.25) is 0 Å². The standard InChI is InChI=1S/C10H16BrN3O/c1-10(2,3)7(15)4-13-9-6-12-8(11)5-14-9/h5-7,15H,4H2,1-3H3,(H,13,14). The van der Waals surface area contributed by atoms with E-state index in [4.69, 9.17) is 0 Å². The second-order valence-electron chi connectivity index (χ2n) is 4.49. The molecular weight excluding hydrogens is 258 g/mol. The topological polar surface area (TPSA) is 58.0 Å². The molecule has 0 aliphatic heterocycles. The van der Waals surface area contributed by atoms with Crippen LogP contribution in [0.2, 0.25) is 0 Å². The monoisotopic (exact) mass is 273 g/mol. The van der Waals surface area contributed by atoms with E-state index in [2.05, 4.69) is 31.2 Å². The first-order valence-corrected chi connectivity index (χ1v) is 5.58. The van der Waals surface area contributed by atoms with Gasteiger partial charge in [0, 0.05) is 6.54 Å². The minimum absolute atomic E-state index is 0.129. The highest BCUT2D eigenvalue weighted by atomic mass is 79.9. The van der Waals surface area contributed by atoms with E-state index in [1.165, 1.54) is 0 Å². The lowest BCUT2D eigenvalue weighted by molar-refractivity contribution is 0.0745. The summed E-state index contributed by atoms with van der Waals surface area (Å²) < 4.78 is 0.699. The van der Waals surface area contributed by atoms with Crippen LogP contribution in [0.25, 0.3) is 0 Å². The van der Waals surface area contributed by atoms with E-state index in [1.54, 1.807) is 12.4 Å². The summed E-state index contributed by atoms with van der Waals surface area (Å²) in [5.74, 6) is 0.668. The van der Waals surface area contributed by atoms with Gasteiger partial charge in [-0.05, 0) is 21.3 Å². The number of nitrogens with one attached hydrogen (secondary N) is 1. The highest BCUT2D eigenvalue weighted by Crippen LogP contribution is 2.19. The van der Waals surface area contributed by atoms with Crippen molar-refractivity contribution in [3.05, 3.63) is 17.0 Å². The highest BCUT2D eigenvalue weighted by molar-refractivity contribution is 9.10. The van der Waals surface area contributed by atoms with Gasteiger partial charge in [0.15, 0.2) is 0 Å². The Morgan fingerprint density at radius 3 is 2.53 bits per heavy atom. The third-order valence-corrected chi connectivity index (χ3v) is 2.51. The summed E-state index contributed by atoms with van der Waals surface area (Å²) in [6.45, 7) is 6.45. The normalized spacial score (nSPS) is 13.7. The molecule has 4 nitrogen and oxygen atoms in total. The van der Waals surface area contributed by atoms with E-state index in [0.717, 1.165) is 0 Å². The molecule has 1 atom stereocenters. The number of hydrogen-bond donors (Lipinski definition) is 2. The zero-order valence-electron chi connectivity index (χ0n) is 9.16. The summed E-state index contributed by atoms with van der Waals surface area (Å²) in [6, 6.07) is 0. The van der Waals surface area contributed by atoms with Gasteiger partial charge in [-0.1, -0.05) is 20.8 Å². The number of nitrogens with zero attached hydrogens (tertiary/aromatic N) is 2. The molecule has 0 saturated carbocycles. The van der Waals surface area contributed by atoms with Crippen LogP contribution in [-0.2, 0) is 0 Å². The number of aliphatic hydroxyl groups excluding tert-OH is 1. The van der Waals surface area contributed by atoms with Crippen molar-refractivity contribution in [2.24, 2.45) is 5.41 Å². The molecule has 1 aromatic rings. The van der Waals surface area contributed by atoms with Crippen molar-refractivity contribution < 1.29 is 5.11 Å². The first kappa shape index (κ1) is 12.4. The van der Waals surface area contributed by atoms with E-state index in [-0.39, 0.29) is 5.41 Å². The number of hydrogen-bond acceptors (Lipinski definition) is 4. The van der Waals surface area contributed by atoms with E-state index in [1.807, 2.05) is 20.8 Å². The predicted molar refractivity (Wildman–Crippen MR) is 63.7 cm³/mol. The molecule has 1 rings (SSSR count). The molecule has 5 heteroatoms. The fourth-order valence-electron chi connectivity index (χ4n) is 0.911. The van der Waals surface area contributed by atoms with Gasteiger partial charge in [0.25, 0.3) is 0 Å². The number of aliphatic hydroxyl groups is 1. The number of anilines is 1. The van der Waals surface area contributed by atoms with Gasteiger partial charge in [-0.2, -0.15) is 0 Å². The molecule has 1 aromatic heterocycles. The van der Waals surface area contributed by atoms with Crippen molar-refractivity contribution >= 4 is 21.7 Å². The Kier molecular flexibility index (Phi) is 4.04. The SMILES string of the molecule is CC(C)(C)C(O)CNc1cnc(Br)cn1. The molecule has 1 unspecified atom stereocenters. The third-order valence-electron chi connectivity index (χ3n) is 2.10. The maximum Gasteiger partial charge on any atom is 0.144 e. The van der Waals surface area contributed by atoms with Gasteiger partial charge in [-0.25, -0.2) is 9.97 Å². The Bertz CT molecular complexity index is 307. The zero-order valence-corrected chi connectivity index (χ0v) is 10.7. The average molecular weight is 274 g/mol. The Morgan fingerprint density at radius 2 is 2.07 bits per heavy atom. The maximum atomic E-state index is 9.78. The molecule has 0 bridgehead atoms. The molecule has 0 radical (unpaired) electrons. The van der Waals surface area contributed by atoms with Crippen molar-refractivity contribution in [3.63, 3.8) is 0 Å². The largest absolute Gasteiger partial charge is 0.391 e. The molecule has 0 spiro atoms. The Hall–Kier alpha value is -0.680. The van der Waals surface area contributed by atoms with Crippen LogP contribution in [0.4, 0.5) is 5.82 Å². The Balaban J connectivity index is 2.47. The summed E-state index contributed by atoms with van der Waals surface area (Å²) in [4.78, 5) is 8.13. The summed E-state index contributed by atoms with van der Waals surface area (Å²) in [5.41, 5.74) is -0.129. The second-order valence-corrected chi connectivity index (χ2v) is 5.30. The molecule has 0 saturated heterocycles. The first-order chi connectivity index (χ1) is 6.89. The lowest BCUT2D eigenvalue weighted by atomic mass is 9.89. The fraction of sp³-hybridized carbons (Fsp3) is 0.600. The van der Waals surface area contributed by atoms with Crippen LogP contribution < -0.4 is 5.32 Å². The smallest absolute Gasteiger partial charge is 0.144 e. The average Bonchev–Trinajstić information content (AvgIpc) is 2.15. The molecule has 0 aliphatic carbocycles. The number of rotatable bonds is 3. The van der Waals surface area contributed by atoms with Gasteiger partial charge >= 0.3 is 0 Å². The van der Waals surface area contributed by atoms with Crippen LogP contribution >= 0.6 is 15.9 Å². The number of aromatic nitrogens is 2. The molecule has 15 heavy (non-hydrogen) atoms. The molecule has 0 aliphatic rings. The van der Waals surface area contributed by atoms with E-state index >= 15 is 0 Å². The van der Waals surface area contributed by atoms with Crippen molar-refractivity contribution in [3.8, 4) is 0 Å². The first-order valence-electron chi connectivity index (χ1n) is 4.79. The van der Waals surface area contributed by atoms with Crippen LogP contribution in [0.1, 0.15) is 20.8 Å². The van der Waals surface area contributed by atoms with Gasteiger partial charge in [0.1, 0.15) is 10.4 Å². The van der Waals surface area contributed by atoms with E-state index < -0.39 is 6.10 Å². The van der Waals surface area contributed by atoms with Gasteiger partial charge in [-0.15, -0.1) is 0 Å². The summed E-state index contributed by atoms with van der Waals surface area (Å²) in [6.07, 6.45) is 2.83. The van der Waals surface area contributed by atoms with Crippen LogP contribution in [-0.4, -0.2) is 27.7 Å². The quantitative estimate of drug-likeness (QED) is 0.885. The lowest BCUT2D eigenvalue weighted by Gasteiger charge is -2.25. The third kappa shape index (κ3) is 4.13. The minimum Gasteiger partial charge on any atom is -0.391 e. The van der Waals surface area contributed by atoms with Crippen LogP contribution in [0.5, 0.6) is 0 Å². The van der Waals surface area contributed by atoms with Crippen LogP contribution in [0.15, 0.2) is 17.0 Å². The van der Waals surface area contributed by atoms with Crippen molar-refractivity contribution in [2.45, 2.75) is 26.9 Å². The van der Waals surface area contributed by atoms with Gasteiger partial charge in [0.05, 0.1) is 18.5 Å². The summed E-state index contributed by atoms with van der Waals surface area (Å²) >= 11 is 3.21. The molecular formula is C10H16BrN3O. The van der Waals surface area contributed by atoms with Crippen LogP contribution in [0.3, 0.4) is 0 Å². The predicted octanol–water partition coefficient (Wildman–Crippen LogP) is 2.06. The molecule has 84 valence electrons. The lowest BCUT2D eigenvalue weighted by Crippen LogP contribution is -2.33. The molecule has 1 heterocycles. The number of halogens is 1. The van der Waals surface area contributed by atoms with E-state index in [9.17, 15) is 5.11 Å². The fourth-order valence-corrected chi connectivity index (χ4v) is 1.12. The molecule has 0 aromatic carbocycles. The molecule has 0 amide bonds. The zero-order chi connectivity index (χ0) is 11.5. The van der Waals surface area contributed by atoms with Gasteiger partial charge in [0.2, 0.25) is 0 Å². The summed E-state index contributed by atoms with van der Waals surface area (Å²) in [5, 5.41) is 12.8. The maximum absolute atomic E-state index is 9.78. The van der Waals surface area contributed by atoms with Gasteiger partial charge < -0.3 is 10.4 Å². The van der Waals surface area contributed by atoms with Crippen molar-refractivity contribution in [2.75, 3.05) is 11.9 Å². The Morgan fingerprint density at radius 1 is 1.40 bits per heavy atom. The molecule has 0 fully saturated rings. The van der Waals surface area contributed by atoms with Crippen molar-refractivity contribution in [1.82, 2.24) is 9.97 Å². The Labute approximate surface area is 98.3 Å². The van der Waals surface area contributed by atoms with E-state index in [0.29, 0.717) is 17.0 Å². The minimum atomic E-state index is -0.414. The highest BCUT2D eigenvalue weighted by Gasteiger charge is 2.21. The van der Waals surface area contributed by atoms with Crippen molar-refractivity contribution in [1.29, 1.82) is 0 Å². The molecule has 2 N–H and O–H groups in total.